The van der Waals surface area contributed by atoms with Crippen molar-refractivity contribution in [2.75, 3.05) is 11.9 Å². The Morgan fingerprint density at radius 1 is 1.21 bits per heavy atom. The van der Waals surface area contributed by atoms with E-state index in [9.17, 15) is 9.59 Å². The van der Waals surface area contributed by atoms with Crippen LogP contribution < -0.4 is 5.32 Å². The summed E-state index contributed by atoms with van der Waals surface area (Å²) in [5.74, 6) is -0.270. The van der Waals surface area contributed by atoms with E-state index in [0.717, 1.165) is 17.7 Å². The van der Waals surface area contributed by atoms with Crippen molar-refractivity contribution >= 4 is 51.7 Å². The quantitative estimate of drug-likeness (QED) is 0.720. The summed E-state index contributed by atoms with van der Waals surface area (Å²) in [6.45, 7) is 4.50. The van der Waals surface area contributed by atoms with Gasteiger partial charge in [0.15, 0.2) is 5.17 Å². The van der Waals surface area contributed by atoms with E-state index in [1.54, 1.807) is 11.0 Å². The Morgan fingerprint density at radius 2 is 1.93 bits per heavy atom. The zero-order valence-corrected chi connectivity index (χ0v) is 17.4. The number of benzene rings is 2. The Balaban J connectivity index is 1.75. The van der Waals surface area contributed by atoms with E-state index >= 15 is 0 Å². The average molecular weight is 416 g/mol. The van der Waals surface area contributed by atoms with Crippen LogP contribution in [-0.2, 0) is 9.59 Å². The van der Waals surface area contributed by atoms with Crippen LogP contribution in [0.4, 0.5) is 11.4 Å². The second-order valence-electron chi connectivity index (χ2n) is 6.51. The molecular weight excluding hydrogens is 394 g/mol. The number of nitrogens with zero attached hydrogens (tertiary/aromatic N) is 2. The van der Waals surface area contributed by atoms with Crippen molar-refractivity contribution in [2.45, 2.75) is 31.9 Å². The summed E-state index contributed by atoms with van der Waals surface area (Å²) in [4.78, 5) is 31.6. The number of carbonyl (C=O) groups is 2. The summed E-state index contributed by atoms with van der Waals surface area (Å²) in [5.41, 5.74) is 2.36. The molecule has 3 rings (SSSR count). The first-order valence-electron chi connectivity index (χ1n) is 9.16. The Labute approximate surface area is 174 Å². The van der Waals surface area contributed by atoms with E-state index in [-0.39, 0.29) is 18.2 Å². The molecule has 0 aliphatic carbocycles. The highest BCUT2D eigenvalue weighted by Crippen LogP contribution is 2.34. The van der Waals surface area contributed by atoms with Crippen LogP contribution in [0.2, 0.25) is 5.02 Å². The first kappa shape index (κ1) is 20.4. The number of aliphatic imine (C=N–C) groups is 1. The molecule has 0 spiro atoms. The molecule has 1 fully saturated rings. The van der Waals surface area contributed by atoms with Crippen LogP contribution in [-0.4, -0.2) is 33.7 Å². The number of hydrogen-bond donors (Lipinski definition) is 1. The molecule has 0 aromatic heterocycles. The number of aryl methyl sites for hydroxylation is 1. The predicted molar refractivity (Wildman–Crippen MR) is 116 cm³/mol. The van der Waals surface area contributed by atoms with Gasteiger partial charge in [-0.2, -0.15) is 0 Å². The van der Waals surface area contributed by atoms with Crippen molar-refractivity contribution in [1.29, 1.82) is 0 Å². The van der Waals surface area contributed by atoms with Crippen molar-refractivity contribution in [2.24, 2.45) is 4.99 Å². The van der Waals surface area contributed by atoms with Gasteiger partial charge in [-0.3, -0.25) is 14.5 Å². The fourth-order valence-corrected chi connectivity index (χ4v) is 4.24. The highest BCUT2D eigenvalue weighted by molar-refractivity contribution is 8.15. The van der Waals surface area contributed by atoms with Gasteiger partial charge in [0.25, 0.3) is 0 Å². The molecule has 2 aromatic rings. The molecule has 7 heteroatoms. The van der Waals surface area contributed by atoms with E-state index in [0.29, 0.717) is 22.4 Å². The number of para-hydroxylation sites is 2. The van der Waals surface area contributed by atoms with Crippen LogP contribution in [0.15, 0.2) is 53.5 Å². The zero-order valence-electron chi connectivity index (χ0n) is 15.8. The number of thioether (sulfide) groups is 1. The molecular formula is C21H22ClN3O2S. The molecule has 28 heavy (non-hydrogen) atoms. The van der Waals surface area contributed by atoms with Gasteiger partial charge < -0.3 is 5.32 Å². The predicted octanol–water partition coefficient (Wildman–Crippen LogP) is 5.02. The molecule has 2 amide bonds. The van der Waals surface area contributed by atoms with Crippen molar-refractivity contribution in [3.63, 3.8) is 0 Å². The summed E-state index contributed by atoms with van der Waals surface area (Å²) in [7, 11) is 0. The summed E-state index contributed by atoms with van der Waals surface area (Å²) in [6.07, 6.45) is 0.898. The Kier molecular flexibility index (Phi) is 6.75. The van der Waals surface area contributed by atoms with E-state index in [1.165, 1.54) is 11.8 Å². The zero-order chi connectivity index (χ0) is 20.1. The Morgan fingerprint density at radius 3 is 2.64 bits per heavy atom. The SMILES string of the molecule is CCCN1C(=O)[C@H](CC(=O)Nc2ccccc2C)SC1=Nc1ccccc1Cl. The van der Waals surface area contributed by atoms with Crippen molar-refractivity contribution in [3.05, 3.63) is 59.1 Å². The fourth-order valence-electron chi connectivity index (χ4n) is 2.88. The highest BCUT2D eigenvalue weighted by atomic mass is 35.5. The number of amides is 2. The first-order valence-corrected chi connectivity index (χ1v) is 10.4. The molecule has 1 saturated heterocycles. The van der Waals surface area contributed by atoms with Gasteiger partial charge in [0, 0.05) is 18.7 Å². The summed E-state index contributed by atoms with van der Waals surface area (Å²) < 4.78 is 0. The second-order valence-corrected chi connectivity index (χ2v) is 8.09. The minimum absolute atomic E-state index is 0.0856. The number of halogens is 1. The first-order chi connectivity index (χ1) is 13.5. The lowest BCUT2D eigenvalue weighted by Crippen LogP contribution is -2.34. The maximum Gasteiger partial charge on any atom is 0.242 e. The highest BCUT2D eigenvalue weighted by Gasteiger charge is 2.38. The smallest absolute Gasteiger partial charge is 0.242 e. The molecule has 0 saturated carbocycles. The van der Waals surface area contributed by atoms with E-state index in [1.807, 2.05) is 56.3 Å². The molecule has 1 aliphatic rings. The molecule has 0 unspecified atom stereocenters. The fraction of sp³-hybridized carbons (Fsp3) is 0.286. The van der Waals surface area contributed by atoms with Gasteiger partial charge in [-0.1, -0.05) is 60.6 Å². The van der Waals surface area contributed by atoms with Gasteiger partial charge in [0.1, 0.15) is 5.25 Å². The number of hydrogen-bond acceptors (Lipinski definition) is 4. The number of nitrogens with one attached hydrogen (secondary N) is 1. The number of rotatable bonds is 6. The van der Waals surface area contributed by atoms with Crippen molar-refractivity contribution in [1.82, 2.24) is 4.90 Å². The van der Waals surface area contributed by atoms with Crippen LogP contribution in [0.1, 0.15) is 25.3 Å². The van der Waals surface area contributed by atoms with Gasteiger partial charge >= 0.3 is 0 Å². The van der Waals surface area contributed by atoms with E-state index in [4.69, 9.17) is 11.6 Å². The molecule has 1 atom stereocenters. The summed E-state index contributed by atoms with van der Waals surface area (Å²) in [6, 6.07) is 14.8. The van der Waals surface area contributed by atoms with E-state index in [2.05, 4.69) is 10.3 Å². The molecule has 1 N–H and O–H groups in total. The number of amidine groups is 1. The van der Waals surface area contributed by atoms with Crippen LogP contribution in [0.25, 0.3) is 0 Å². The number of anilines is 1. The lowest BCUT2D eigenvalue weighted by atomic mass is 10.2. The minimum atomic E-state index is -0.489. The third kappa shape index (κ3) is 4.75. The van der Waals surface area contributed by atoms with Crippen molar-refractivity contribution in [3.8, 4) is 0 Å². The number of carbonyl (C=O) groups excluding carboxylic acids is 2. The monoisotopic (exact) mass is 415 g/mol. The largest absolute Gasteiger partial charge is 0.326 e. The molecule has 2 aromatic carbocycles. The molecule has 1 heterocycles. The molecule has 0 bridgehead atoms. The molecule has 0 radical (unpaired) electrons. The summed E-state index contributed by atoms with van der Waals surface area (Å²) >= 11 is 7.53. The maximum absolute atomic E-state index is 12.8. The van der Waals surface area contributed by atoms with Crippen LogP contribution in [0, 0.1) is 6.92 Å². The average Bonchev–Trinajstić information content (AvgIpc) is 2.94. The van der Waals surface area contributed by atoms with Crippen LogP contribution in [0.3, 0.4) is 0 Å². The Bertz CT molecular complexity index is 916. The van der Waals surface area contributed by atoms with Crippen LogP contribution in [0.5, 0.6) is 0 Å². The second kappa shape index (κ2) is 9.26. The van der Waals surface area contributed by atoms with Gasteiger partial charge in [-0.25, -0.2) is 4.99 Å². The van der Waals surface area contributed by atoms with Gasteiger partial charge in [0.05, 0.1) is 10.7 Å². The van der Waals surface area contributed by atoms with Crippen molar-refractivity contribution < 1.29 is 9.59 Å². The standard InChI is InChI=1S/C21H22ClN3O2S/c1-3-12-25-20(27)18(13-19(26)23-16-10-6-4-8-14(16)2)28-21(25)24-17-11-7-5-9-15(17)22/h4-11,18H,3,12-13H2,1-2H3,(H,23,26)/t18-/m0/s1. The molecule has 5 nitrogen and oxygen atoms in total. The van der Waals surface area contributed by atoms with Gasteiger partial charge in [-0.15, -0.1) is 0 Å². The Hall–Kier alpha value is -2.31. The third-order valence-corrected chi connectivity index (χ3v) is 5.82. The van der Waals surface area contributed by atoms with Gasteiger partial charge in [0.2, 0.25) is 11.8 Å². The van der Waals surface area contributed by atoms with E-state index < -0.39 is 5.25 Å². The lowest BCUT2D eigenvalue weighted by Gasteiger charge is -2.15. The topological polar surface area (TPSA) is 61.8 Å². The van der Waals surface area contributed by atoms with Gasteiger partial charge in [-0.05, 0) is 37.1 Å². The lowest BCUT2D eigenvalue weighted by molar-refractivity contribution is -0.128. The molecule has 146 valence electrons. The third-order valence-electron chi connectivity index (χ3n) is 4.33. The summed E-state index contributed by atoms with van der Waals surface area (Å²) in [5, 5.41) is 3.52. The van der Waals surface area contributed by atoms with Crippen LogP contribution >= 0.6 is 23.4 Å². The minimum Gasteiger partial charge on any atom is -0.326 e. The molecule has 1 aliphatic heterocycles. The maximum atomic E-state index is 12.8. The normalized spacial score (nSPS) is 18.0.